The third-order valence-corrected chi connectivity index (χ3v) is 5.96. The number of carbonyl (C=O) groups is 2. The summed E-state index contributed by atoms with van der Waals surface area (Å²) in [4.78, 5) is 23.8. The van der Waals surface area contributed by atoms with Crippen LogP contribution in [0.4, 0.5) is 17.1 Å². The van der Waals surface area contributed by atoms with Crippen molar-refractivity contribution in [2.24, 2.45) is 0 Å². The Labute approximate surface area is 186 Å². The molecular formula is C23H23N3O5S. The minimum Gasteiger partial charge on any atom is -0.495 e. The van der Waals surface area contributed by atoms with Crippen molar-refractivity contribution >= 4 is 38.9 Å². The number of carbonyl (C=O) groups excluding carboxylic acids is 2. The van der Waals surface area contributed by atoms with Gasteiger partial charge in [-0.3, -0.25) is 14.3 Å². The van der Waals surface area contributed by atoms with Crippen LogP contribution in [0.1, 0.15) is 22.8 Å². The average Bonchev–Trinajstić information content (AvgIpc) is 2.75. The quantitative estimate of drug-likeness (QED) is 0.500. The summed E-state index contributed by atoms with van der Waals surface area (Å²) < 4.78 is 33.5. The van der Waals surface area contributed by atoms with E-state index in [4.69, 9.17) is 4.74 Å². The Bertz CT molecular complexity index is 1250. The number of hydrogen-bond donors (Lipinski definition) is 3. The van der Waals surface area contributed by atoms with E-state index in [1.165, 1.54) is 44.4 Å². The molecule has 2 amide bonds. The molecule has 0 aromatic heterocycles. The SMILES string of the molecule is COc1ccc(S(=O)(=O)Nc2ccc(NC(C)=O)cc2)cc1NC(=O)c1ccccc1C. The molecular weight excluding hydrogens is 430 g/mol. The second kappa shape index (κ2) is 9.52. The Balaban J connectivity index is 1.85. The Hall–Kier alpha value is -3.85. The molecule has 0 saturated carbocycles. The number of rotatable bonds is 7. The van der Waals surface area contributed by atoms with Gasteiger partial charge in [-0.05, 0) is 61.0 Å². The first-order valence-corrected chi connectivity index (χ1v) is 11.1. The minimum absolute atomic E-state index is 0.0516. The second-order valence-corrected chi connectivity index (χ2v) is 8.68. The number of benzene rings is 3. The molecule has 0 aliphatic carbocycles. The van der Waals surface area contributed by atoms with Crippen molar-refractivity contribution in [1.82, 2.24) is 0 Å². The van der Waals surface area contributed by atoms with E-state index >= 15 is 0 Å². The van der Waals surface area contributed by atoms with Crippen molar-refractivity contribution < 1.29 is 22.7 Å². The van der Waals surface area contributed by atoms with Gasteiger partial charge >= 0.3 is 0 Å². The van der Waals surface area contributed by atoms with Gasteiger partial charge in [0.05, 0.1) is 17.7 Å². The van der Waals surface area contributed by atoms with Crippen LogP contribution in [0.25, 0.3) is 0 Å². The summed E-state index contributed by atoms with van der Waals surface area (Å²) in [7, 11) is -2.52. The minimum atomic E-state index is -3.95. The number of sulfonamides is 1. The van der Waals surface area contributed by atoms with Crippen LogP contribution < -0.4 is 20.1 Å². The average molecular weight is 454 g/mol. The lowest BCUT2D eigenvalue weighted by Crippen LogP contribution is -2.16. The summed E-state index contributed by atoms with van der Waals surface area (Å²) in [6.07, 6.45) is 0. The fraction of sp³-hybridized carbons (Fsp3) is 0.130. The number of hydrogen-bond acceptors (Lipinski definition) is 5. The van der Waals surface area contributed by atoms with Crippen LogP contribution in [-0.4, -0.2) is 27.3 Å². The summed E-state index contributed by atoms with van der Waals surface area (Å²) >= 11 is 0. The van der Waals surface area contributed by atoms with E-state index < -0.39 is 10.0 Å². The number of aryl methyl sites for hydroxylation is 1. The first kappa shape index (κ1) is 22.8. The predicted octanol–water partition coefficient (Wildman–Crippen LogP) is 4.02. The highest BCUT2D eigenvalue weighted by Crippen LogP contribution is 2.29. The molecule has 0 aliphatic rings. The van der Waals surface area contributed by atoms with E-state index in [-0.39, 0.29) is 22.4 Å². The molecule has 0 spiro atoms. The predicted molar refractivity (Wildman–Crippen MR) is 124 cm³/mol. The molecule has 3 aromatic carbocycles. The summed E-state index contributed by atoms with van der Waals surface area (Å²) in [6, 6.07) is 17.5. The highest BCUT2D eigenvalue weighted by atomic mass is 32.2. The molecule has 0 saturated heterocycles. The fourth-order valence-electron chi connectivity index (χ4n) is 3.01. The van der Waals surface area contributed by atoms with Crippen LogP contribution in [0.15, 0.2) is 71.6 Å². The van der Waals surface area contributed by atoms with Crippen molar-refractivity contribution in [3.63, 3.8) is 0 Å². The first-order chi connectivity index (χ1) is 15.2. The van der Waals surface area contributed by atoms with E-state index in [1.54, 1.807) is 24.3 Å². The molecule has 0 radical (unpaired) electrons. The van der Waals surface area contributed by atoms with Gasteiger partial charge < -0.3 is 15.4 Å². The van der Waals surface area contributed by atoms with Gasteiger partial charge in [-0.25, -0.2) is 8.42 Å². The van der Waals surface area contributed by atoms with Crippen molar-refractivity contribution in [3.05, 3.63) is 77.9 Å². The molecule has 3 N–H and O–H groups in total. The third kappa shape index (κ3) is 5.44. The number of nitrogens with one attached hydrogen (secondary N) is 3. The molecule has 0 atom stereocenters. The normalized spacial score (nSPS) is 10.8. The maximum Gasteiger partial charge on any atom is 0.261 e. The van der Waals surface area contributed by atoms with E-state index in [2.05, 4.69) is 15.4 Å². The highest BCUT2D eigenvalue weighted by Gasteiger charge is 2.19. The monoisotopic (exact) mass is 453 g/mol. The van der Waals surface area contributed by atoms with Crippen LogP contribution in [0.2, 0.25) is 0 Å². The Morgan fingerprint density at radius 3 is 2.16 bits per heavy atom. The lowest BCUT2D eigenvalue weighted by molar-refractivity contribution is -0.114. The zero-order chi connectivity index (χ0) is 23.3. The van der Waals surface area contributed by atoms with Gasteiger partial charge in [-0.1, -0.05) is 18.2 Å². The van der Waals surface area contributed by atoms with Gasteiger partial charge in [0.15, 0.2) is 0 Å². The van der Waals surface area contributed by atoms with Crippen molar-refractivity contribution in [1.29, 1.82) is 0 Å². The molecule has 0 fully saturated rings. The van der Waals surface area contributed by atoms with Gasteiger partial charge in [0.25, 0.3) is 15.9 Å². The molecule has 9 heteroatoms. The lowest BCUT2D eigenvalue weighted by Gasteiger charge is -2.14. The van der Waals surface area contributed by atoms with Gasteiger partial charge in [0.2, 0.25) is 5.91 Å². The van der Waals surface area contributed by atoms with Crippen LogP contribution in [-0.2, 0) is 14.8 Å². The molecule has 3 aromatic rings. The largest absolute Gasteiger partial charge is 0.495 e. The topological polar surface area (TPSA) is 114 Å². The van der Waals surface area contributed by atoms with E-state index in [0.29, 0.717) is 22.7 Å². The van der Waals surface area contributed by atoms with Gasteiger partial charge in [-0.15, -0.1) is 0 Å². The Morgan fingerprint density at radius 1 is 0.875 bits per heavy atom. The molecule has 166 valence electrons. The zero-order valence-electron chi connectivity index (χ0n) is 17.8. The third-order valence-electron chi connectivity index (χ3n) is 4.58. The number of amides is 2. The molecule has 0 bridgehead atoms. The number of anilines is 3. The molecule has 32 heavy (non-hydrogen) atoms. The molecule has 0 unspecified atom stereocenters. The van der Waals surface area contributed by atoms with Crippen molar-refractivity contribution in [2.75, 3.05) is 22.5 Å². The second-order valence-electron chi connectivity index (χ2n) is 7.00. The Morgan fingerprint density at radius 2 is 1.53 bits per heavy atom. The van der Waals surface area contributed by atoms with E-state index in [0.717, 1.165) is 5.56 Å². The summed E-state index contributed by atoms with van der Waals surface area (Å²) in [6.45, 7) is 3.20. The van der Waals surface area contributed by atoms with Crippen LogP contribution in [0, 0.1) is 6.92 Å². The van der Waals surface area contributed by atoms with Crippen molar-refractivity contribution in [3.8, 4) is 5.75 Å². The van der Waals surface area contributed by atoms with E-state index in [9.17, 15) is 18.0 Å². The van der Waals surface area contributed by atoms with Gasteiger partial charge in [-0.2, -0.15) is 0 Å². The first-order valence-electron chi connectivity index (χ1n) is 9.65. The van der Waals surface area contributed by atoms with Crippen LogP contribution in [0.3, 0.4) is 0 Å². The van der Waals surface area contributed by atoms with E-state index in [1.807, 2.05) is 19.1 Å². The van der Waals surface area contributed by atoms with Gasteiger partial charge in [0, 0.05) is 23.9 Å². The molecule has 3 rings (SSSR count). The fourth-order valence-corrected chi connectivity index (χ4v) is 4.09. The standard InChI is InChI=1S/C23H23N3O5S/c1-15-6-4-5-7-20(15)23(28)25-21-14-19(12-13-22(21)31-3)32(29,30)26-18-10-8-17(9-11-18)24-16(2)27/h4-14,26H,1-3H3,(H,24,27)(H,25,28). The maximum absolute atomic E-state index is 12.9. The number of methoxy groups -OCH3 is 1. The summed E-state index contributed by atoms with van der Waals surface area (Å²) in [5.74, 6) is -0.278. The maximum atomic E-state index is 12.9. The van der Waals surface area contributed by atoms with Gasteiger partial charge in [0.1, 0.15) is 5.75 Å². The Kier molecular flexibility index (Phi) is 6.79. The highest BCUT2D eigenvalue weighted by molar-refractivity contribution is 7.92. The lowest BCUT2D eigenvalue weighted by atomic mass is 10.1. The smallest absolute Gasteiger partial charge is 0.261 e. The summed E-state index contributed by atoms with van der Waals surface area (Å²) in [5, 5.41) is 5.34. The molecule has 0 heterocycles. The molecule has 8 nitrogen and oxygen atoms in total. The number of ether oxygens (including phenoxy) is 1. The zero-order valence-corrected chi connectivity index (χ0v) is 18.6. The van der Waals surface area contributed by atoms with Crippen LogP contribution >= 0.6 is 0 Å². The summed E-state index contributed by atoms with van der Waals surface area (Å²) in [5.41, 5.74) is 2.36. The molecule has 0 aliphatic heterocycles. The van der Waals surface area contributed by atoms with Crippen LogP contribution in [0.5, 0.6) is 5.75 Å². The van der Waals surface area contributed by atoms with Crippen molar-refractivity contribution in [2.45, 2.75) is 18.7 Å².